The van der Waals surface area contributed by atoms with Gasteiger partial charge in [0.25, 0.3) is 0 Å². The van der Waals surface area contributed by atoms with Crippen LogP contribution in [0.15, 0.2) is 42.5 Å². The van der Waals surface area contributed by atoms with Crippen LogP contribution in [-0.2, 0) is 12.1 Å². The Kier molecular flexibility index (Phi) is 4.74. The van der Waals surface area contributed by atoms with Crippen LogP contribution in [0.4, 0.5) is 0 Å². The summed E-state index contributed by atoms with van der Waals surface area (Å²) in [6.45, 7) is 5.17. The van der Waals surface area contributed by atoms with Gasteiger partial charge in [0.05, 0.1) is 6.61 Å². The number of β-amino-alcohol motifs (C(OH)–C–C–N with tert-alkyl or cyclic N) is 1. The highest BCUT2D eigenvalue weighted by Crippen LogP contribution is 2.40. The molecule has 0 radical (unpaired) electrons. The molecule has 138 valence electrons. The summed E-state index contributed by atoms with van der Waals surface area (Å²) in [5, 5.41) is 11.1. The maximum Gasteiger partial charge on any atom is 0.231 e. The third-order valence-electron chi connectivity index (χ3n) is 5.05. The highest BCUT2D eigenvalue weighted by Gasteiger charge is 2.37. The molecular weight excluding hydrogens is 330 g/mol. The monoisotopic (exact) mass is 355 g/mol. The van der Waals surface area contributed by atoms with E-state index in [9.17, 15) is 5.11 Å². The van der Waals surface area contributed by atoms with E-state index in [-0.39, 0.29) is 6.79 Å². The van der Waals surface area contributed by atoms with Gasteiger partial charge in [0.2, 0.25) is 6.79 Å². The topological polar surface area (TPSA) is 51.2 Å². The molecule has 1 saturated heterocycles. The Morgan fingerprint density at radius 1 is 1.15 bits per heavy atom. The van der Waals surface area contributed by atoms with E-state index in [0.717, 1.165) is 47.8 Å². The molecule has 0 aromatic heterocycles. The maximum atomic E-state index is 11.1. The van der Waals surface area contributed by atoms with Gasteiger partial charge in [-0.15, -0.1) is 0 Å². The zero-order chi connectivity index (χ0) is 18.0. The van der Waals surface area contributed by atoms with Gasteiger partial charge in [-0.3, -0.25) is 4.90 Å². The van der Waals surface area contributed by atoms with Gasteiger partial charge in [0.1, 0.15) is 11.4 Å². The van der Waals surface area contributed by atoms with Crippen LogP contribution in [0, 0.1) is 0 Å². The second-order valence-corrected chi connectivity index (χ2v) is 7.02. The highest BCUT2D eigenvalue weighted by atomic mass is 16.7. The molecule has 0 amide bonds. The molecule has 1 fully saturated rings. The minimum Gasteiger partial charge on any atom is -0.493 e. The highest BCUT2D eigenvalue weighted by molar-refractivity contribution is 5.52. The smallest absolute Gasteiger partial charge is 0.231 e. The van der Waals surface area contributed by atoms with E-state index in [1.165, 1.54) is 0 Å². The molecule has 0 saturated carbocycles. The molecular formula is C21H25NO4. The Morgan fingerprint density at radius 2 is 1.92 bits per heavy atom. The molecule has 2 aliphatic heterocycles. The summed E-state index contributed by atoms with van der Waals surface area (Å²) in [6, 6.07) is 13.9. The lowest BCUT2D eigenvalue weighted by Gasteiger charge is -2.24. The molecule has 2 heterocycles. The quantitative estimate of drug-likeness (QED) is 0.862. The lowest BCUT2D eigenvalue weighted by molar-refractivity contribution is 0.0452. The van der Waals surface area contributed by atoms with Gasteiger partial charge in [0, 0.05) is 31.3 Å². The number of fused-ring (bicyclic) bond motifs is 1. The molecule has 0 spiro atoms. The van der Waals surface area contributed by atoms with Crippen LogP contribution in [0.3, 0.4) is 0 Å². The minimum atomic E-state index is -0.790. The first kappa shape index (κ1) is 17.2. The van der Waals surface area contributed by atoms with Crippen molar-refractivity contribution in [3.05, 3.63) is 53.6 Å². The fourth-order valence-electron chi connectivity index (χ4n) is 3.67. The van der Waals surface area contributed by atoms with Crippen LogP contribution >= 0.6 is 0 Å². The van der Waals surface area contributed by atoms with Crippen LogP contribution < -0.4 is 14.2 Å². The van der Waals surface area contributed by atoms with E-state index < -0.39 is 5.60 Å². The SMILES string of the molecule is CCCOc1cc2c(cc1CN1CC[C@@](O)(c3ccccc3)C1)OCO2. The van der Waals surface area contributed by atoms with Crippen molar-refractivity contribution in [1.29, 1.82) is 0 Å². The molecule has 0 unspecified atom stereocenters. The van der Waals surface area contributed by atoms with E-state index in [1.807, 2.05) is 42.5 Å². The van der Waals surface area contributed by atoms with Gasteiger partial charge in [0.15, 0.2) is 11.5 Å². The van der Waals surface area contributed by atoms with Crippen LogP contribution in [0.1, 0.15) is 30.9 Å². The molecule has 0 aliphatic carbocycles. The van der Waals surface area contributed by atoms with Gasteiger partial charge in [-0.05, 0) is 24.5 Å². The van der Waals surface area contributed by atoms with Crippen LogP contribution in [-0.4, -0.2) is 36.5 Å². The van der Waals surface area contributed by atoms with Crippen molar-refractivity contribution >= 4 is 0 Å². The molecule has 26 heavy (non-hydrogen) atoms. The molecule has 1 N–H and O–H groups in total. The number of hydrogen-bond acceptors (Lipinski definition) is 5. The molecule has 5 heteroatoms. The molecule has 1 atom stereocenters. The van der Waals surface area contributed by atoms with E-state index in [4.69, 9.17) is 14.2 Å². The second-order valence-electron chi connectivity index (χ2n) is 7.02. The van der Waals surface area contributed by atoms with Crippen molar-refractivity contribution < 1.29 is 19.3 Å². The standard InChI is InChI=1S/C21H25NO4/c1-2-10-24-18-12-20-19(25-15-26-20)11-16(18)13-22-9-8-21(23,14-22)17-6-4-3-5-7-17/h3-7,11-12,23H,2,8-10,13-15H2,1H3/t21-/m0/s1. The summed E-state index contributed by atoms with van der Waals surface area (Å²) in [5.41, 5.74) is 1.26. The van der Waals surface area contributed by atoms with E-state index in [1.54, 1.807) is 0 Å². The number of likely N-dealkylation sites (tertiary alicyclic amines) is 1. The van der Waals surface area contributed by atoms with Crippen LogP contribution in [0.2, 0.25) is 0 Å². The predicted molar refractivity (Wildman–Crippen MR) is 98.6 cm³/mol. The average molecular weight is 355 g/mol. The second kappa shape index (κ2) is 7.17. The zero-order valence-corrected chi connectivity index (χ0v) is 15.1. The Hall–Kier alpha value is -2.24. The number of ether oxygens (including phenoxy) is 3. The average Bonchev–Trinajstić information content (AvgIpc) is 3.27. The summed E-state index contributed by atoms with van der Waals surface area (Å²) in [5.74, 6) is 2.34. The van der Waals surface area contributed by atoms with Crippen molar-refractivity contribution in [3.8, 4) is 17.2 Å². The minimum absolute atomic E-state index is 0.253. The van der Waals surface area contributed by atoms with Gasteiger partial charge < -0.3 is 19.3 Å². The number of benzene rings is 2. The number of nitrogens with zero attached hydrogens (tertiary/aromatic N) is 1. The summed E-state index contributed by atoms with van der Waals surface area (Å²) in [6.07, 6.45) is 1.68. The lowest BCUT2D eigenvalue weighted by atomic mass is 9.93. The van der Waals surface area contributed by atoms with E-state index >= 15 is 0 Å². The predicted octanol–water partition coefficient (Wildman–Crippen LogP) is 3.30. The number of hydrogen-bond donors (Lipinski definition) is 1. The first-order valence-corrected chi connectivity index (χ1v) is 9.23. The Labute approximate surface area is 154 Å². The molecule has 5 nitrogen and oxygen atoms in total. The van der Waals surface area contributed by atoms with Gasteiger partial charge in [-0.25, -0.2) is 0 Å². The van der Waals surface area contributed by atoms with Crippen molar-refractivity contribution in [1.82, 2.24) is 4.90 Å². The van der Waals surface area contributed by atoms with Gasteiger partial charge >= 0.3 is 0 Å². The van der Waals surface area contributed by atoms with Crippen molar-refractivity contribution in [3.63, 3.8) is 0 Å². The first-order chi connectivity index (χ1) is 12.7. The first-order valence-electron chi connectivity index (χ1n) is 9.23. The summed E-state index contributed by atoms with van der Waals surface area (Å²) < 4.78 is 16.9. The Bertz CT molecular complexity index is 764. The Balaban J connectivity index is 1.52. The van der Waals surface area contributed by atoms with Crippen LogP contribution in [0.25, 0.3) is 0 Å². The largest absolute Gasteiger partial charge is 0.493 e. The molecule has 2 aliphatic rings. The van der Waals surface area contributed by atoms with E-state index in [2.05, 4.69) is 11.8 Å². The van der Waals surface area contributed by atoms with Crippen molar-refractivity contribution in [2.45, 2.75) is 31.9 Å². The summed E-state index contributed by atoms with van der Waals surface area (Å²) in [7, 11) is 0. The maximum absolute atomic E-state index is 11.1. The summed E-state index contributed by atoms with van der Waals surface area (Å²) >= 11 is 0. The zero-order valence-electron chi connectivity index (χ0n) is 15.1. The van der Waals surface area contributed by atoms with Gasteiger partial charge in [-0.1, -0.05) is 37.3 Å². The number of rotatable bonds is 6. The van der Waals surface area contributed by atoms with Crippen molar-refractivity contribution in [2.75, 3.05) is 26.5 Å². The fourth-order valence-corrected chi connectivity index (χ4v) is 3.67. The normalized spacial score (nSPS) is 21.9. The molecule has 2 aromatic rings. The Morgan fingerprint density at radius 3 is 2.69 bits per heavy atom. The lowest BCUT2D eigenvalue weighted by Crippen LogP contribution is -2.30. The third-order valence-corrected chi connectivity index (χ3v) is 5.05. The third kappa shape index (κ3) is 3.37. The van der Waals surface area contributed by atoms with Gasteiger partial charge in [-0.2, -0.15) is 0 Å². The molecule has 4 rings (SSSR count). The number of aliphatic hydroxyl groups is 1. The van der Waals surface area contributed by atoms with E-state index in [0.29, 0.717) is 19.7 Å². The molecule has 2 aromatic carbocycles. The fraction of sp³-hybridized carbons (Fsp3) is 0.429. The van der Waals surface area contributed by atoms with Crippen LogP contribution in [0.5, 0.6) is 17.2 Å². The summed E-state index contributed by atoms with van der Waals surface area (Å²) in [4.78, 5) is 2.27. The van der Waals surface area contributed by atoms with Crippen molar-refractivity contribution in [2.24, 2.45) is 0 Å². The molecule has 0 bridgehead atoms.